The molecule has 0 saturated heterocycles. The summed E-state index contributed by atoms with van der Waals surface area (Å²) in [5, 5.41) is 0.106. The van der Waals surface area contributed by atoms with Gasteiger partial charge in [-0.05, 0) is 19.8 Å². The average Bonchev–Trinajstić information content (AvgIpc) is 2.88. The van der Waals surface area contributed by atoms with Gasteiger partial charge >= 0.3 is 0 Å². The van der Waals surface area contributed by atoms with E-state index in [0.29, 0.717) is 19.6 Å². The molecule has 1 aromatic rings. The van der Waals surface area contributed by atoms with E-state index >= 15 is 0 Å². The predicted octanol–water partition coefficient (Wildman–Crippen LogP) is 1.04. The number of aromatic nitrogens is 2. The van der Waals surface area contributed by atoms with Crippen LogP contribution in [0, 0.1) is 0 Å². The highest BCUT2D eigenvalue weighted by Crippen LogP contribution is 2.19. The Morgan fingerprint density at radius 2 is 2.00 bits per heavy atom. The molecule has 0 unspecified atom stereocenters. The number of hydrogen-bond donors (Lipinski definition) is 1. The van der Waals surface area contributed by atoms with Crippen LogP contribution in [-0.2, 0) is 16.6 Å². The Kier molecular flexibility index (Phi) is 5.96. The smallest absolute Gasteiger partial charge is 0.262 e. The molecule has 7 heteroatoms. The van der Waals surface area contributed by atoms with Crippen molar-refractivity contribution in [1.29, 1.82) is 0 Å². The molecule has 0 spiro atoms. The summed E-state index contributed by atoms with van der Waals surface area (Å²) >= 11 is 0. The van der Waals surface area contributed by atoms with Gasteiger partial charge in [0.05, 0.1) is 6.33 Å². The second-order valence-electron chi connectivity index (χ2n) is 4.42. The zero-order chi connectivity index (χ0) is 14.5. The van der Waals surface area contributed by atoms with Crippen LogP contribution < -0.4 is 5.73 Å². The first-order valence-electron chi connectivity index (χ1n) is 6.74. The lowest BCUT2D eigenvalue weighted by atomic mass is 10.2. The third-order valence-electron chi connectivity index (χ3n) is 3.25. The summed E-state index contributed by atoms with van der Waals surface area (Å²) in [5.74, 6) is 0. The van der Waals surface area contributed by atoms with E-state index in [1.165, 1.54) is 4.31 Å². The fraction of sp³-hybridized carbons (Fsp3) is 0.750. The molecule has 0 radical (unpaired) electrons. The van der Waals surface area contributed by atoms with Gasteiger partial charge in [-0.25, -0.2) is 13.4 Å². The molecule has 0 amide bonds. The second-order valence-corrected chi connectivity index (χ2v) is 6.25. The number of rotatable bonds is 8. The summed E-state index contributed by atoms with van der Waals surface area (Å²) in [6, 6.07) is -0.0275. The lowest BCUT2D eigenvalue weighted by molar-refractivity contribution is 0.308. The Morgan fingerprint density at radius 1 is 1.37 bits per heavy atom. The summed E-state index contributed by atoms with van der Waals surface area (Å²) in [7, 11) is -3.55. The number of aryl methyl sites for hydroxylation is 1. The highest BCUT2D eigenvalue weighted by Gasteiger charge is 2.30. The van der Waals surface area contributed by atoms with E-state index < -0.39 is 10.0 Å². The van der Waals surface area contributed by atoms with Crippen molar-refractivity contribution >= 4 is 10.0 Å². The van der Waals surface area contributed by atoms with Crippen LogP contribution in [0.4, 0.5) is 0 Å². The standard InChI is InChI=1S/C12H24N4O2S/c1-4-11(5-2)16(8-7-13)19(17,18)12-9-15(6-3)10-14-12/h9-11H,4-8,13H2,1-3H3. The molecule has 2 N–H and O–H groups in total. The fourth-order valence-corrected chi connectivity index (χ4v) is 3.81. The van der Waals surface area contributed by atoms with Gasteiger partial charge in [0.2, 0.25) is 0 Å². The molecule has 1 heterocycles. The molecule has 6 nitrogen and oxygen atoms in total. The quantitative estimate of drug-likeness (QED) is 0.775. The third-order valence-corrected chi connectivity index (χ3v) is 5.08. The van der Waals surface area contributed by atoms with Crippen LogP contribution in [0.25, 0.3) is 0 Å². The summed E-state index contributed by atoms with van der Waals surface area (Å²) in [6.45, 7) is 7.24. The molecule has 0 atom stereocenters. The zero-order valence-corrected chi connectivity index (χ0v) is 12.7. The molecule has 19 heavy (non-hydrogen) atoms. The monoisotopic (exact) mass is 288 g/mol. The molecule has 0 aromatic carbocycles. The van der Waals surface area contributed by atoms with Crippen LogP contribution in [-0.4, -0.2) is 41.4 Å². The van der Waals surface area contributed by atoms with Gasteiger partial charge in [-0.1, -0.05) is 13.8 Å². The Morgan fingerprint density at radius 3 is 2.42 bits per heavy atom. The van der Waals surface area contributed by atoms with Crippen molar-refractivity contribution in [2.24, 2.45) is 5.73 Å². The molecule has 0 fully saturated rings. The van der Waals surface area contributed by atoms with Crippen LogP contribution in [0.15, 0.2) is 17.6 Å². The normalized spacial score (nSPS) is 12.5. The summed E-state index contributed by atoms with van der Waals surface area (Å²) in [6.07, 6.45) is 4.65. The highest BCUT2D eigenvalue weighted by molar-refractivity contribution is 7.89. The van der Waals surface area contributed by atoms with Gasteiger partial charge < -0.3 is 10.3 Å². The molecule has 0 saturated carbocycles. The number of sulfonamides is 1. The minimum absolute atomic E-state index is 0.0275. The minimum Gasteiger partial charge on any atom is -0.336 e. The van der Waals surface area contributed by atoms with E-state index in [1.54, 1.807) is 17.1 Å². The number of nitrogens with two attached hydrogens (primary N) is 1. The third kappa shape index (κ3) is 3.55. The van der Waals surface area contributed by atoms with E-state index in [4.69, 9.17) is 5.73 Å². The first kappa shape index (κ1) is 16.1. The molecular formula is C12H24N4O2S. The Hall–Kier alpha value is -0.920. The zero-order valence-electron chi connectivity index (χ0n) is 11.9. The van der Waals surface area contributed by atoms with Crippen LogP contribution in [0.2, 0.25) is 0 Å². The molecule has 0 bridgehead atoms. The van der Waals surface area contributed by atoms with Gasteiger partial charge in [-0.3, -0.25) is 0 Å². The van der Waals surface area contributed by atoms with E-state index in [-0.39, 0.29) is 11.1 Å². The van der Waals surface area contributed by atoms with Crippen molar-refractivity contribution in [2.45, 2.75) is 51.2 Å². The minimum atomic E-state index is -3.55. The average molecular weight is 288 g/mol. The van der Waals surface area contributed by atoms with Crippen molar-refractivity contribution < 1.29 is 8.42 Å². The van der Waals surface area contributed by atoms with E-state index in [2.05, 4.69) is 4.98 Å². The molecule has 0 aliphatic carbocycles. The first-order chi connectivity index (χ1) is 9.01. The van der Waals surface area contributed by atoms with Crippen molar-refractivity contribution in [3.63, 3.8) is 0 Å². The number of nitrogens with zero attached hydrogens (tertiary/aromatic N) is 3. The molecule has 1 aromatic heterocycles. The maximum absolute atomic E-state index is 12.6. The maximum atomic E-state index is 12.6. The Labute approximate surface area is 115 Å². The second kappa shape index (κ2) is 7.02. The Bertz CT molecular complexity index is 480. The Balaban J connectivity index is 3.11. The predicted molar refractivity (Wildman–Crippen MR) is 75.2 cm³/mol. The molecule has 0 aliphatic rings. The van der Waals surface area contributed by atoms with Gasteiger partial charge in [0.25, 0.3) is 10.0 Å². The number of imidazole rings is 1. The van der Waals surface area contributed by atoms with Crippen molar-refractivity contribution in [1.82, 2.24) is 13.9 Å². The topological polar surface area (TPSA) is 81.2 Å². The van der Waals surface area contributed by atoms with Crippen LogP contribution in [0.1, 0.15) is 33.6 Å². The van der Waals surface area contributed by atoms with Crippen molar-refractivity contribution in [2.75, 3.05) is 13.1 Å². The first-order valence-corrected chi connectivity index (χ1v) is 8.18. The summed E-state index contributed by atoms with van der Waals surface area (Å²) in [4.78, 5) is 4.01. The molecular weight excluding hydrogens is 264 g/mol. The van der Waals surface area contributed by atoms with E-state index in [9.17, 15) is 8.42 Å². The van der Waals surface area contributed by atoms with Crippen molar-refractivity contribution in [3.8, 4) is 0 Å². The van der Waals surface area contributed by atoms with Gasteiger partial charge in [0, 0.05) is 31.9 Å². The maximum Gasteiger partial charge on any atom is 0.262 e. The van der Waals surface area contributed by atoms with Gasteiger partial charge in [0.15, 0.2) is 5.03 Å². The largest absolute Gasteiger partial charge is 0.336 e. The lowest BCUT2D eigenvalue weighted by Gasteiger charge is -2.28. The fourth-order valence-electron chi connectivity index (χ4n) is 2.09. The molecule has 1 rings (SSSR count). The highest BCUT2D eigenvalue weighted by atomic mass is 32.2. The molecule has 110 valence electrons. The van der Waals surface area contributed by atoms with Gasteiger partial charge in [0.1, 0.15) is 0 Å². The SMILES string of the molecule is CCC(CC)N(CCN)S(=O)(=O)c1cn(CC)cn1. The number of hydrogen-bond acceptors (Lipinski definition) is 4. The lowest BCUT2D eigenvalue weighted by Crippen LogP contribution is -2.42. The van der Waals surface area contributed by atoms with Gasteiger partial charge in [-0.15, -0.1) is 0 Å². The van der Waals surface area contributed by atoms with Gasteiger partial charge in [-0.2, -0.15) is 4.31 Å². The van der Waals surface area contributed by atoms with E-state index in [1.807, 2.05) is 20.8 Å². The summed E-state index contributed by atoms with van der Waals surface area (Å²) < 4.78 is 28.4. The van der Waals surface area contributed by atoms with Crippen LogP contribution in [0.5, 0.6) is 0 Å². The van der Waals surface area contributed by atoms with Crippen LogP contribution in [0.3, 0.4) is 0 Å². The summed E-state index contributed by atoms with van der Waals surface area (Å²) in [5.41, 5.74) is 5.55. The van der Waals surface area contributed by atoms with E-state index in [0.717, 1.165) is 12.8 Å². The van der Waals surface area contributed by atoms with Crippen molar-refractivity contribution in [3.05, 3.63) is 12.5 Å². The van der Waals surface area contributed by atoms with Crippen LogP contribution >= 0.6 is 0 Å². The molecule has 0 aliphatic heterocycles.